The summed E-state index contributed by atoms with van der Waals surface area (Å²) in [5, 5.41) is 9.39. The second-order valence-corrected chi connectivity index (χ2v) is 5.25. The van der Waals surface area contributed by atoms with Gasteiger partial charge in [-0.1, -0.05) is 23.8 Å². The Morgan fingerprint density at radius 3 is 2.27 bits per heavy atom. The molecule has 0 bridgehead atoms. The van der Waals surface area contributed by atoms with E-state index < -0.39 is 12.1 Å². The molecule has 2 rings (SSSR count). The summed E-state index contributed by atoms with van der Waals surface area (Å²) < 4.78 is 10.7. The van der Waals surface area contributed by atoms with Gasteiger partial charge < -0.3 is 14.6 Å². The predicted octanol–water partition coefficient (Wildman–Crippen LogP) is 3.39. The third-order valence-corrected chi connectivity index (χ3v) is 3.52. The maximum absolute atomic E-state index is 11.5. The van der Waals surface area contributed by atoms with Gasteiger partial charge in [0.2, 0.25) is 0 Å². The molecule has 2 aromatic rings. The van der Waals surface area contributed by atoms with Crippen molar-refractivity contribution < 1.29 is 19.4 Å². The average Bonchev–Trinajstić information content (AvgIpc) is 2.49. The molecule has 1 atom stereocenters. The Labute approximate surface area is 130 Å². The van der Waals surface area contributed by atoms with Gasteiger partial charge in [0.1, 0.15) is 11.5 Å². The summed E-state index contributed by atoms with van der Waals surface area (Å²) in [6, 6.07) is 12.9. The van der Waals surface area contributed by atoms with Gasteiger partial charge in [-0.15, -0.1) is 0 Å². The van der Waals surface area contributed by atoms with Crippen LogP contribution >= 0.6 is 0 Å². The molecule has 1 N–H and O–H groups in total. The molecule has 0 radical (unpaired) electrons. The van der Waals surface area contributed by atoms with Crippen LogP contribution in [0.3, 0.4) is 0 Å². The van der Waals surface area contributed by atoms with Crippen LogP contribution in [0.15, 0.2) is 42.5 Å². The Morgan fingerprint density at radius 1 is 1.09 bits per heavy atom. The second kappa shape index (κ2) is 6.98. The minimum absolute atomic E-state index is 0.327. The van der Waals surface area contributed by atoms with E-state index in [-0.39, 0.29) is 0 Å². The SMILES string of the molecule is COc1ccc(O[C@@H](Cc2ccc(C)cc2C)C(=O)O)cc1. The summed E-state index contributed by atoms with van der Waals surface area (Å²) in [6.07, 6.45) is -0.595. The van der Waals surface area contributed by atoms with Crippen molar-refractivity contribution in [3.8, 4) is 11.5 Å². The quantitative estimate of drug-likeness (QED) is 0.888. The van der Waals surface area contributed by atoms with Gasteiger partial charge in [-0.25, -0.2) is 4.79 Å². The van der Waals surface area contributed by atoms with Crippen LogP contribution in [-0.2, 0) is 11.2 Å². The lowest BCUT2D eigenvalue weighted by Gasteiger charge is -2.17. The lowest BCUT2D eigenvalue weighted by molar-refractivity contribution is -0.145. The van der Waals surface area contributed by atoms with E-state index >= 15 is 0 Å². The van der Waals surface area contributed by atoms with Gasteiger partial charge >= 0.3 is 5.97 Å². The zero-order chi connectivity index (χ0) is 16.1. The molecule has 0 saturated heterocycles. The van der Waals surface area contributed by atoms with Crippen LogP contribution in [0.25, 0.3) is 0 Å². The molecule has 4 heteroatoms. The summed E-state index contributed by atoms with van der Waals surface area (Å²) in [5.41, 5.74) is 3.21. The van der Waals surface area contributed by atoms with Gasteiger partial charge in [-0.3, -0.25) is 0 Å². The molecule has 0 aliphatic carbocycles. The molecule has 0 fully saturated rings. The predicted molar refractivity (Wildman–Crippen MR) is 84.7 cm³/mol. The van der Waals surface area contributed by atoms with Gasteiger partial charge in [-0.2, -0.15) is 0 Å². The van der Waals surface area contributed by atoms with Crippen LogP contribution in [0.1, 0.15) is 16.7 Å². The van der Waals surface area contributed by atoms with E-state index in [0.29, 0.717) is 17.9 Å². The van der Waals surface area contributed by atoms with Crippen molar-refractivity contribution in [2.75, 3.05) is 7.11 Å². The maximum atomic E-state index is 11.5. The van der Waals surface area contributed by atoms with Crippen LogP contribution in [-0.4, -0.2) is 24.3 Å². The molecule has 0 aliphatic heterocycles. The van der Waals surface area contributed by atoms with Crippen molar-refractivity contribution in [3.63, 3.8) is 0 Å². The lowest BCUT2D eigenvalue weighted by Crippen LogP contribution is -2.29. The normalized spacial score (nSPS) is 11.8. The highest BCUT2D eigenvalue weighted by Gasteiger charge is 2.21. The first-order valence-corrected chi connectivity index (χ1v) is 7.09. The van der Waals surface area contributed by atoms with Gasteiger partial charge in [0, 0.05) is 6.42 Å². The van der Waals surface area contributed by atoms with Crippen LogP contribution in [0, 0.1) is 13.8 Å². The zero-order valence-electron chi connectivity index (χ0n) is 13.0. The van der Waals surface area contributed by atoms with Gasteiger partial charge in [0.05, 0.1) is 7.11 Å². The zero-order valence-corrected chi connectivity index (χ0v) is 13.0. The van der Waals surface area contributed by atoms with E-state index in [9.17, 15) is 9.90 Å². The molecule has 0 amide bonds. The van der Waals surface area contributed by atoms with Crippen LogP contribution in [0.4, 0.5) is 0 Å². The first-order chi connectivity index (χ1) is 10.5. The van der Waals surface area contributed by atoms with E-state index in [4.69, 9.17) is 9.47 Å². The number of hydrogen-bond donors (Lipinski definition) is 1. The summed E-state index contributed by atoms with van der Waals surface area (Å²) in [7, 11) is 1.58. The van der Waals surface area contributed by atoms with E-state index in [1.54, 1.807) is 31.4 Å². The fourth-order valence-corrected chi connectivity index (χ4v) is 2.27. The minimum atomic E-state index is -0.976. The minimum Gasteiger partial charge on any atom is -0.497 e. The molecule has 0 aromatic heterocycles. The van der Waals surface area contributed by atoms with E-state index in [1.807, 2.05) is 32.0 Å². The summed E-state index contributed by atoms with van der Waals surface area (Å²) in [4.78, 5) is 11.5. The number of rotatable bonds is 6. The van der Waals surface area contributed by atoms with Crippen LogP contribution in [0.2, 0.25) is 0 Å². The van der Waals surface area contributed by atoms with Crippen molar-refractivity contribution in [3.05, 3.63) is 59.2 Å². The molecule has 22 heavy (non-hydrogen) atoms. The maximum Gasteiger partial charge on any atom is 0.345 e. The molecule has 0 unspecified atom stereocenters. The van der Waals surface area contributed by atoms with Crippen LogP contribution in [0.5, 0.6) is 11.5 Å². The Bertz CT molecular complexity index is 647. The number of aryl methyl sites for hydroxylation is 2. The number of carboxylic acids is 1. The second-order valence-electron chi connectivity index (χ2n) is 5.25. The van der Waals surface area contributed by atoms with Gasteiger partial charge in [-0.05, 0) is 49.2 Å². The molecule has 0 aliphatic rings. The molecule has 4 nitrogen and oxygen atoms in total. The topological polar surface area (TPSA) is 55.8 Å². The van der Waals surface area contributed by atoms with Crippen molar-refractivity contribution in [2.24, 2.45) is 0 Å². The van der Waals surface area contributed by atoms with E-state index in [1.165, 1.54) is 0 Å². The highest BCUT2D eigenvalue weighted by atomic mass is 16.5. The summed E-state index contributed by atoms with van der Waals surface area (Å²) in [5.74, 6) is 0.238. The van der Waals surface area contributed by atoms with E-state index in [0.717, 1.165) is 16.7 Å². The standard InChI is InChI=1S/C18H20O4/c1-12-4-5-14(13(2)10-12)11-17(18(19)20)22-16-8-6-15(21-3)7-9-16/h4-10,17H,11H2,1-3H3,(H,19,20)/t17-/m0/s1. The highest BCUT2D eigenvalue weighted by Crippen LogP contribution is 2.20. The average molecular weight is 300 g/mol. The van der Waals surface area contributed by atoms with Gasteiger partial charge in [0.25, 0.3) is 0 Å². The van der Waals surface area contributed by atoms with Crippen molar-refractivity contribution in [1.29, 1.82) is 0 Å². The number of carbonyl (C=O) groups is 1. The summed E-state index contributed by atoms with van der Waals surface area (Å²) >= 11 is 0. The first-order valence-electron chi connectivity index (χ1n) is 7.09. The Hall–Kier alpha value is -2.49. The highest BCUT2D eigenvalue weighted by molar-refractivity contribution is 5.73. The Morgan fingerprint density at radius 2 is 1.73 bits per heavy atom. The van der Waals surface area contributed by atoms with Crippen molar-refractivity contribution in [2.45, 2.75) is 26.4 Å². The van der Waals surface area contributed by atoms with Crippen molar-refractivity contribution >= 4 is 5.97 Å². The van der Waals surface area contributed by atoms with Crippen LogP contribution < -0.4 is 9.47 Å². The number of hydrogen-bond acceptors (Lipinski definition) is 3. The third kappa shape index (κ3) is 4.01. The molecular formula is C18H20O4. The number of carboxylic acid groups (broad SMARTS) is 1. The number of benzene rings is 2. The number of ether oxygens (including phenoxy) is 2. The number of methoxy groups -OCH3 is 1. The Kier molecular flexibility index (Phi) is 5.04. The fourth-order valence-electron chi connectivity index (χ4n) is 2.27. The monoisotopic (exact) mass is 300 g/mol. The molecule has 2 aromatic carbocycles. The lowest BCUT2D eigenvalue weighted by atomic mass is 10.0. The molecule has 116 valence electrons. The largest absolute Gasteiger partial charge is 0.497 e. The van der Waals surface area contributed by atoms with E-state index in [2.05, 4.69) is 0 Å². The molecule has 0 spiro atoms. The van der Waals surface area contributed by atoms with Gasteiger partial charge in [0.15, 0.2) is 6.10 Å². The Balaban J connectivity index is 2.14. The molecule has 0 heterocycles. The summed E-state index contributed by atoms with van der Waals surface area (Å²) in [6.45, 7) is 3.99. The first kappa shape index (κ1) is 15.9. The molecular weight excluding hydrogens is 280 g/mol. The fraction of sp³-hybridized carbons (Fsp3) is 0.278. The smallest absolute Gasteiger partial charge is 0.345 e. The third-order valence-electron chi connectivity index (χ3n) is 3.52. The van der Waals surface area contributed by atoms with Crippen molar-refractivity contribution in [1.82, 2.24) is 0 Å². The number of aliphatic carboxylic acids is 1. The molecule has 0 saturated carbocycles.